The summed E-state index contributed by atoms with van der Waals surface area (Å²) in [6.07, 6.45) is 9.41. The number of furan rings is 3. The predicted molar refractivity (Wildman–Crippen MR) is 459 cm³/mol. The summed E-state index contributed by atoms with van der Waals surface area (Å²) in [7, 11) is 0. The average Bonchev–Trinajstić information content (AvgIpc) is 1.64. The van der Waals surface area contributed by atoms with Crippen LogP contribution >= 0.6 is 34.0 Å². The van der Waals surface area contributed by atoms with E-state index in [0.717, 1.165) is 99.6 Å². The number of ketones is 3. The molecular weight excluding hydrogens is 2010 g/mol. The Balaban J connectivity index is 0.000000159. The molecule has 18 rings (SSSR count). The molecule has 0 saturated carbocycles. The summed E-state index contributed by atoms with van der Waals surface area (Å²) < 4.78 is 22.1. The number of hydrogen-bond acceptors (Lipinski definition) is 15. The van der Waals surface area contributed by atoms with E-state index in [1.165, 1.54) is 155 Å². The van der Waals surface area contributed by atoms with Crippen molar-refractivity contribution < 1.29 is 103 Å². The first-order valence-corrected chi connectivity index (χ1v) is 38.4. The fraction of sp³-hybridized carbons (Fsp3) is 0.125. The van der Waals surface area contributed by atoms with Crippen molar-refractivity contribution in [2.45, 2.75) is 83.1 Å². The van der Waals surface area contributed by atoms with E-state index in [9.17, 15) is 14.4 Å². The molecule has 0 aliphatic heterocycles. The second kappa shape index (κ2) is 38.0. The number of nitrogens with zero attached hydrogens (tertiary/aromatic N) is 3. The van der Waals surface area contributed by atoms with Gasteiger partial charge < -0.3 is 43.5 Å². The molecule has 0 aliphatic carbocycles. The molecule has 9 heterocycles. The van der Waals surface area contributed by atoms with Gasteiger partial charge >= 0.3 is 0 Å². The van der Waals surface area contributed by atoms with Gasteiger partial charge in [0.05, 0.1) is 48.1 Å². The molecule has 9 aromatic carbocycles. The summed E-state index contributed by atoms with van der Waals surface area (Å²) in [4.78, 5) is 48.1. The molecule has 114 heavy (non-hydrogen) atoms. The smallest absolute Gasteiger partial charge is 0.155 e. The summed E-state index contributed by atoms with van der Waals surface area (Å²) in [5.74, 6) is -0.187. The van der Waals surface area contributed by atoms with Gasteiger partial charge in [0.15, 0.2) is 17.3 Å². The number of carbonyl (C=O) groups excluding carboxylic acids is 3. The predicted octanol–water partition coefficient (Wildman–Crippen LogP) is 26.9. The van der Waals surface area contributed by atoms with Crippen molar-refractivity contribution in [2.75, 3.05) is 0 Å². The van der Waals surface area contributed by atoms with E-state index >= 15 is 0 Å². The molecule has 3 radical (unpaired) electrons. The van der Waals surface area contributed by atoms with Crippen molar-refractivity contribution in [1.29, 1.82) is 0 Å². The van der Waals surface area contributed by atoms with Crippen molar-refractivity contribution >= 4 is 147 Å². The Hall–Kier alpha value is -10.7. The van der Waals surface area contributed by atoms with Gasteiger partial charge in [0.2, 0.25) is 0 Å². The van der Waals surface area contributed by atoms with E-state index in [-0.39, 0.29) is 94.9 Å². The Labute approximate surface area is 713 Å². The van der Waals surface area contributed by atoms with Crippen LogP contribution in [0.25, 0.3) is 161 Å². The maximum atomic E-state index is 10.0. The van der Waals surface area contributed by atoms with Crippen molar-refractivity contribution in [3.05, 3.63) is 306 Å². The molecule has 9 aromatic heterocycles. The third-order valence-electron chi connectivity index (χ3n) is 18.0. The van der Waals surface area contributed by atoms with Crippen LogP contribution in [0.1, 0.15) is 74.9 Å². The zero-order valence-electron chi connectivity index (χ0n) is 64.4. The number of hydrogen-bond donors (Lipinski definition) is 3. The van der Waals surface area contributed by atoms with E-state index in [0.29, 0.717) is 0 Å². The number of rotatable bonds is 9. The molecule has 18 aromatic rings. The third kappa shape index (κ3) is 20.1. The van der Waals surface area contributed by atoms with Crippen LogP contribution in [0.15, 0.2) is 268 Å². The van der Waals surface area contributed by atoms with Gasteiger partial charge in [-0.05, 0) is 181 Å². The molecule has 0 aliphatic rings. The Morgan fingerprint density at radius 2 is 0.667 bits per heavy atom. The quantitative estimate of drug-likeness (QED) is 0.0705. The van der Waals surface area contributed by atoms with Gasteiger partial charge in [-0.3, -0.25) is 14.4 Å². The van der Waals surface area contributed by atoms with E-state index in [1.807, 2.05) is 91.4 Å². The maximum Gasteiger partial charge on any atom is 0.155 e. The van der Waals surface area contributed by atoms with Crippen LogP contribution in [0, 0.1) is 59.7 Å². The monoisotopic (exact) mass is 2090 g/mol. The van der Waals surface area contributed by atoms with Gasteiger partial charge in [0.25, 0.3) is 0 Å². The molecule has 0 spiro atoms. The van der Waals surface area contributed by atoms with Gasteiger partial charge in [-0.2, -0.15) is 0 Å². The number of pyridine rings is 3. The normalized spacial score (nSPS) is 11.3. The fourth-order valence-corrected chi connectivity index (χ4v) is 16.8. The van der Waals surface area contributed by atoms with Crippen molar-refractivity contribution in [3.8, 4) is 65.1 Å². The zero-order valence-corrected chi connectivity index (χ0v) is 74.0. The van der Waals surface area contributed by atoms with E-state index < -0.39 is 0 Å². The first-order valence-electron chi connectivity index (χ1n) is 35.9. The van der Waals surface area contributed by atoms with Crippen molar-refractivity contribution in [2.24, 2.45) is 0 Å². The minimum absolute atomic E-state index is 0. The molecule has 579 valence electrons. The summed E-state index contributed by atoms with van der Waals surface area (Å²) in [6, 6.07) is 79.7. The number of aromatic nitrogens is 3. The molecule has 0 amide bonds. The minimum Gasteiger partial charge on any atom is -0.512 e. The van der Waals surface area contributed by atoms with Crippen molar-refractivity contribution in [1.82, 2.24) is 15.0 Å². The van der Waals surface area contributed by atoms with Crippen LogP contribution in [0.2, 0.25) is 0 Å². The molecule has 12 nitrogen and oxygen atoms in total. The zero-order chi connectivity index (χ0) is 78.3. The first kappa shape index (κ1) is 85.7. The number of aliphatic hydroxyl groups excluding tert-OH is 3. The number of thiophene rings is 3. The third-order valence-corrected chi connectivity index (χ3v) is 21.4. The van der Waals surface area contributed by atoms with Crippen molar-refractivity contribution in [3.63, 3.8) is 0 Å². The number of fused-ring (bicyclic) bond motifs is 12. The van der Waals surface area contributed by atoms with Crippen LogP contribution in [0.5, 0.6) is 0 Å². The van der Waals surface area contributed by atoms with Crippen LogP contribution in [0.3, 0.4) is 0 Å². The molecular formula is C96H78Ir3N3O9S3-3. The van der Waals surface area contributed by atoms with Gasteiger partial charge in [0, 0.05) is 128 Å². The number of aliphatic hydroxyl groups is 3. The Bertz CT molecular complexity index is 6570. The van der Waals surface area contributed by atoms with Crippen LogP contribution < -0.4 is 0 Å². The second-order valence-electron chi connectivity index (χ2n) is 27.4. The Morgan fingerprint density at radius 3 is 1.00 bits per heavy atom. The Morgan fingerprint density at radius 1 is 0.351 bits per heavy atom. The molecule has 0 fully saturated rings. The standard InChI is InChI=1S/C28H20NOS.C27H18NOS.C26H16NOS.3C5H8O2.3Ir/c1-16-11-17(2)27(18(3)12-16)25-14-19-13-23(29-15-26(19)31-25)22-9-6-8-21-20-7-4-5-10-24(20)30-28(21)22;1-16-10-17(2)12-18(11-16)25-14-19-13-23(28-15-26(19)30-25)22-8-5-7-21-20-6-3-4-9-24(20)29-27(21)22;1-16-9-11-17(12-10-16)24-14-18-13-22(27-15-25(18)29-24)21-7-4-6-20-19-5-2-3-8-23(19)28-26(20)21;3*1-4(6)3-5(2)7;;;/h4-8,10-15H,1-3H3;3-7,9-15H,1-2H3;2-6,8-15H,1H3;3*3,6H,1-2H3;;;/q3*-1;;;;;;. The molecule has 18 heteroatoms. The van der Waals surface area contributed by atoms with Gasteiger partial charge in [-0.1, -0.05) is 182 Å². The van der Waals surface area contributed by atoms with E-state index in [4.69, 9.17) is 43.5 Å². The molecule has 0 unspecified atom stereocenters. The molecule has 0 bridgehead atoms. The number of aryl methyl sites for hydroxylation is 6. The molecule has 0 atom stereocenters. The maximum absolute atomic E-state index is 10.0. The van der Waals surface area contributed by atoms with E-state index in [1.54, 1.807) is 34.0 Å². The summed E-state index contributed by atoms with van der Waals surface area (Å²) in [5.41, 5.74) is 22.2. The molecule has 0 saturated heterocycles. The topological polar surface area (TPSA) is 190 Å². The summed E-state index contributed by atoms with van der Waals surface area (Å²) in [6.45, 7) is 21.5. The van der Waals surface area contributed by atoms with E-state index in [2.05, 4.69) is 187 Å². The minimum atomic E-state index is -0.125. The van der Waals surface area contributed by atoms with Crippen LogP contribution in [-0.4, -0.2) is 47.6 Å². The van der Waals surface area contributed by atoms with Crippen LogP contribution in [0.4, 0.5) is 0 Å². The summed E-state index contributed by atoms with van der Waals surface area (Å²) in [5, 5.41) is 35.3. The number of benzene rings is 9. The number of para-hydroxylation sites is 3. The fourth-order valence-electron chi connectivity index (χ4n) is 13.6. The number of allylic oxidation sites excluding steroid dienone is 6. The second-order valence-corrected chi connectivity index (χ2v) is 30.7. The van der Waals surface area contributed by atoms with Gasteiger partial charge in [0.1, 0.15) is 16.7 Å². The van der Waals surface area contributed by atoms with Crippen LogP contribution in [-0.2, 0) is 74.7 Å². The average molecular weight is 2090 g/mol. The number of carbonyl (C=O) groups is 3. The SMILES string of the molecule is CC(=O)C=C(C)O.CC(=O)C=C(C)O.CC(=O)C=C(C)O.Cc1cc(C)c(-c2cc3cc(-c4[c-]ccc5c4oc4ccccc45)ncc3s2)c(C)c1.Cc1cc(C)cc(-c2cc3cc(-c4[c-]ccc5c4oc4ccccc45)ncc3s2)c1.Cc1ccc(-c2cc3cc(-c4[c-]ccc5c4oc4ccccc45)ncc3s2)cc1.[Ir].[Ir].[Ir]. The first-order chi connectivity index (χ1) is 53.4. The largest absolute Gasteiger partial charge is 0.512 e. The Kier molecular flexibility index (Phi) is 28.5. The molecule has 3 N–H and O–H groups in total. The summed E-state index contributed by atoms with van der Waals surface area (Å²) >= 11 is 5.35. The van der Waals surface area contributed by atoms with Gasteiger partial charge in [-0.25, -0.2) is 0 Å². The van der Waals surface area contributed by atoms with Gasteiger partial charge in [-0.15, -0.1) is 88.6 Å².